The van der Waals surface area contributed by atoms with Gasteiger partial charge in [-0.3, -0.25) is 0 Å². The molecule has 4 nitrogen and oxygen atoms in total. The molecular weight excluding hydrogens is 316 g/mol. The van der Waals surface area contributed by atoms with Crippen molar-refractivity contribution in [2.45, 2.75) is 9.10 Å². The lowest BCUT2D eigenvalue weighted by molar-refractivity contribution is 0.0697. The van der Waals surface area contributed by atoms with Gasteiger partial charge in [0.2, 0.25) is 0 Å². The number of rotatable bonds is 6. The largest absolute Gasteiger partial charge is 0.478 e. The highest BCUT2D eigenvalue weighted by molar-refractivity contribution is 8.02. The molecule has 20 heavy (non-hydrogen) atoms. The predicted molar refractivity (Wildman–Crippen MR) is 80.5 cm³/mol. The van der Waals surface area contributed by atoms with Gasteiger partial charge in [-0.05, 0) is 35.7 Å². The van der Waals surface area contributed by atoms with E-state index in [0.29, 0.717) is 5.75 Å². The molecule has 7 heteroatoms. The fraction of sp³-hybridized carbons (Fsp3) is 0.154. The zero-order valence-corrected chi connectivity index (χ0v) is 12.8. The summed E-state index contributed by atoms with van der Waals surface area (Å²) in [4.78, 5) is 10.9. The fourth-order valence-corrected chi connectivity index (χ4v) is 5.03. The molecule has 2 aromatic rings. The highest BCUT2D eigenvalue weighted by atomic mass is 32.2. The van der Waals surface area contributed by atoms with Crippen LogP contribution in [0.4, 0.5) is 0 Å². The van der Waals surface area contributed by atoms with E-state index in [2.05, 4.69) is 0 Å². The quantitative estimate of drug-likeness (QED) is 0.825. The van der Waals surface area contributed by atoms with E-state index >= 15 is 0 Å². The maximum Gasteiger partial charge on any atom is 0.335 e. The van der Waals surface area contributed by atoms with Gasteiger partial charge in [-0.1, -0.05) is 6.07 Å². The Morgan fingerprint density at radius 2 is 1.90 bits per heavy atom. The summed E-state index contributed by atoms with van der Waals surface area (Å²) in [6.07, 6.45) is 0. The molecule has 0 amide bonds. The van der Waals surface area contributed by atoms with Crippen LogP contribution in [0, 0.1) is 0 Å². The van der Waals surface area contributed by atoms with Gasteiger partial charge in [-0.25, -0.2) is 13.2 Å². The minimum atomic E-state index is -3.37. The monoisotopic (exact) mass is 328 g/mol. The Hall–Kier alpha value is -1.31. The van der Waals surface area contributed by atoms with Crippen LogP contribution in [0.1, 0.15) is 10.4 Å². The van der Waals surface area contributed by atoms with Crippen molar-refractivity contribution in [1.29, 1.82) is 0 Å². The van der Waals surface area contributed by atoms with Gasteiger partial charge < -0.3 is 5.11 Å². The Kier molecular flexibility index (Phi) is 4.85. The number of carboxylic acids is 1. The standard InChI is InChI=1S/C13H12O4S3/c14-13(15)10-3-5-11(6-4-10)20(16,17)9-8-19-12-2-1-7-18-12/h1-7H,8-9H2,(H,14,15). The average molecular weight is 328 g/mol. The van der Waals surface area contributed by atoms with Gasteiger partial charge in [-0.2, -0.15) is 0 Å². The first-order valence-corrected chi connectivity index (χ1v) is 9.23. The zero-order valence-electron chi connectivity index (χ0n) is 10.4. The molecule has 0 spiro atoms. The van der Waals surface area contributed by atoms with Gasteiger partial charge in [0.05, 0.1) is 20.4 Å². The molecule has 1 N–H and O–H groups in total. The first-order valence-electron chi connectivity index (χ1n) is 5.71. The van der Waals surface area contributed by atoms with E-state index < -0.39 is 15.8 Å². The second kappa shape index (κ2) is 6.43. The third kappa shape index (κ3) is 3.84. The van der Waals surface area contributed by atoms with Crippen LogP contribution >= 0.6 is 23.1 Å². The average Bonchev–Trinajstić information content (AvgIpc) is 2.92. The van der Waals surface area contributed by atoms with Gasteiger partial charge in [0.1, 0.15) is 0 Å². The number of benzene rings is 1. The maximum atomic E-state index is 12.1. The van der Waals surface area contributed by atoms with Gasteiger partial charge >= 0.3 is 5.97 Å². The number of hydrogen-bond donors (Lipinski definition) is 1. The zero-order chi connectivity index (χ0) is 14.6. The number of aromatic carboxylic acids is 1. The molecule has 0 atom stereocenters. The third-order valence-corrected chi connectivity index (χ3v) is 6.67. The molecule has 0 aliphatic carbocycles. The van der Waals surface area contributed by atoms with E-state index in [1.54, 1.807) is 11.3 Å². The van der Waals surface area contributed by atoms with Crippen molar-refractivity contribution in [2.75, 3.05) is 11.5 Å². The molecule has 0 saturated heterocycles. The summed E-state index contributed by atoms with van der Waals surface area (Å²) in [5, 5.41) is 10.7. The normalized spacial score (nSPS) is 11.4. The predicted octanol–water partition coefficient (Wildman–Crippen LogP) is 3.01. The maximum absolute atomic E-state index is 12.1. The lowest BCUT2D eigenvalue weighted by atomic mass is 10.2. The topological polar surface area (TPSA) is 71.4 Å². The van der Waals surface area contributed by atoms with Crippen molar-refractivity contribution in [3.8, 4) is 0 Å². The van der Waals surface area contributed by atoms with Gasteiger partial charge in [-0.15, -0.1) is 23.1 Å². The Bertz CT molecular complexity index is 673. The molecule has 2 rings (SSSR count). The van der Waals surface area contributed by atoms with Crippen LogP contribution in [0.3, 0.4) is 0 Å². The van der Waals surface area contributed by atoms with E-state index in [4.69, 9.17) is 5.11 Å². The Labute approximate surface area is 125 Å². The van der Waals surface area contributed by atoms with Crippen LogP contribution in [-0.4, -0.2) is 31.0 Å². The van der Waals surface area contributed by atoms with Crippen LogP contribution in [-0.2, 0) is 9.84 Å². The summed E-state index contributed by atoms with van der Waals surface area (Å²) < 4.78 is 25.3. The van der Waals surface area contributed by atoms with Crippen LogP contribution in [0.15, 0.2) is 50.9 Å². The molecule has 106 valence electrons. The molecule has 0 aliphatic rings. The number of sulfone groups is 1. The van der Waals surface area contributed by atoms with E-state index in [0.717, 1.165) is 4.21 Å². The third-order valence-electron chi connectivity index (χ3n) is 2.55. The Balaban J connectivity index is 2.00. The van der Waals surface area contributed by atoms with Crippen LogP contribution in [0.2, 0.25) is 0 Å². The fourth-order valence-electron chi connectivity index (χ4n) is 1.52. The lowest BCUT2D eigenvalue weighted by Crippen LogP contribution is -2.09. The summed E-state index contributed by atoms with van der Waals surface area (Å²) in [5.74, 6) is -0.562. The van der Waals surface area contributed by atoms with Crippen molar-refractivity contribution in [2.24, 2.45) is 0 Å². The summed E-state index contributed by atoms with van der Waals surface area (Å²) in [7, 11) is -3.37. The van der Waals surface area contributed by atoms with E-state index in [1.165, 1.54) is 36.0 Å². The first kappa shape index (κ1) is 15.1. The molecule has 0 saturated carbocycles. The SMILES string of the molecule is O=C(O)c1ccc(S(=O)(=O)CCSc2cccs2)cc1. The molecule has 1 aromatic heterocycles. The number of hydrogen-bond acceptors (Lipinski definition) is 5. The van der Waals surface area contributed by atoms with E-state index in [1.807, 2.05) is 17.5 Å². The Morgan fingerprint density at radius 1 is 1.20 bits per heavy atom. The summed E-state index contributed by atoms with van der Waals surface area (Å²) in [5.41, 5.74) is 0.0805. The summed E-state index contributed by atoms with van der Waals surface area (Å²) in [6, 6.07) is 9.17. The number of thioether (sulfide) groups is 1. The molecule has 1 heterocycles. The van der Waals surface area contributed by atoms with Crippen molar-refractivity contribution in [1.82, 2.24) is 0 Å². The molecule has 0 radical (unpaired) electrons. The van der Waals surface area contributed by atoms with Gasteiger partial charge in [0.15, 0.2) is 9.84 Å². The number of carbonyl (C=O) groups is 1. The van der Waals surface area contributed by atoms with Crippen molar-refractivity contribution < 1.29 is 18.3 Å². The molecule has 1 aromatic carbocycles. The van der Waals surface area contributed by atoms with E-state index in [-0.39, 0.29) is 16.2 Å². The highest BCUT2D eigenvalue weighted by Crippen LogP contribution is 2.24. The van der Waals surface area contributed by atoms with Crippen LogP contribution in [0.5, 0.6) is 0 Å². The lowest BCUT2D eigenvalue weighted by Gasteiger charge is -2.04. The first-order chi connectivity index (χ1) is 9.49. The summed E-state index contributed by atoms with van der Waals surface area (Å²) in [6.45, 7) is 0. The van der Waals surface area contributed by atoms with Crippen molar-refractivity contribution in [3.63, 3.8) is 0 Å². The van der Waals surface area contributed by atoms with Crippen LogP contribution in [0.25, 0.3) is 0 Å². The van der Waals surface area contributed by atoms with Crippen molar-refractivity contribution in [3.05, 3.63) is 47.3 Å². The minimum absolute atomic E-state index is 0.0297. The number of thiophene rings is 1. The smallest absolute Gasteiger partial charge is 0.335 e. The minimum Gasteiger partial charge on any atom is -0.478 e. The van der Waals surface area contributed by atoms with Crippen LogP contribution < -0.4 is 0 Å². The molecule has 0 aliphatic heterocycles. The molecule has 0 unspecified atom stereocenters. The second-order valence-corrected chi connectivity index (χ2v) is 8.38. The second-order valence-electron chi connectivity index (χ2n) is 3.93. The molecule has 0 bridgehead atoms. The van der Waals surface area contributed by atoms with E-state index in [9.17, 15) is 13.2 Å². The highest BCUT2D eigenvalue weighted by Gasteiger charge is 2.15. The molecular formula is C13H12O4S3. The Morgan fingerprint density at radius 3 is 2.45 bits per heavy atom. The van der Waals surface area contributed by atoms with Gasteiger partial charge in [0, 0.05) is 5.75 Å². The van der Waals surface area contributed by atoms with Crippen molar-refractivity contribution >= 4 is 38.9 Å². The van der Waals surface area contributed by atoms with Gasteiger partial charge in [0.25, 0.3) is 0 Å². The number of carboxylic acid groups (broad SMARTS) is 1. The molecule has 0 fully saturated rings. The summed E-state index contributed by atoms with van der Waals surface area (Å²) >= 11 is 3.08.